The van der Waals surface area contributed by atoms with E-state index in [9.17, 15) is 14.4 Å². The van der Waals surface area contributed by atoms with E-state index in [2.05, 4.69) is 0 Å². The lowest BCUT2D eigenvalue weighted by Crippen LogP contribution is -2.36. The third kappa shape index (κ3) is 4.65. The van der Waals surface area contributed by atoms with E-state index < -0.39 is 12.1 Å². The molecule has 152 valence electrons. The van der Waals surface area contributed by atoms with Gasteiger partial charge in [0.15, 0.2) is 0 Å². The van der Waals surface area contributed by atoms with Crippen molar-refractivity contribution in [3.05, 3.63) is 65.7 Å². The summed E-state index contributed by atoms with van der Waals surface area (Å²) >= 11 is 0. The van der Waals surface area contributed by atoms with E-state index in [1.54, 1.807) is 46.2 Å². The van der Waals surface area contributed by atoms with Crippen molar-refractivity contribution in [2.24, 2.45) is 0 Å². The molecule has 6 heteroatoms. The van der Waals surface area contributed by atoms with Gasteiger partial charge in [0.05, 0.1) is 5.56 Å². The minimum Gasteiger partial charge on any atom is -0.444 e. The van der Waals surface area contributed by atoms with E-state index in [1.807, 2.05) is 32.0 Å². The summed E-state index contributed by atoms with van der Waals surface area (Å²) in [6, 6.07) is 15.8. The zero-order valence-electron chi connectivity index (χ0n) is 16.8. The van der Waals surface area contributed by atoms with E-state index in [1.165, 1.54) is 0 Å². The first kappa shape index (κ1) is 20.6. The van der Waals surface area contributed by atoms with Gasteiger partial charge in [0.1, 0.15) is 0 Å². The van der Waals surface area contributed by atoms with Crippen LogP contribution in [0.3, 0.4) is 0 Å². The second-order valence-electron chi connectivity index (χ2n) is 6.90. The molecular formula is C23H26N2O4. The quantitative estimate of drug-likeness (QED) is 0.673. The van der Waals surface area contributed by atoms with Crippen LogP contribution < -0.4 is 4.90 Å². The first-order valence-electron chi connectivity index (χ1n) is 10.00. The van der Waals surface area contributed by atoms with Gasteiger partial charge in [-0.3, -0.25) is 9.59 Å². The Balaban J connectivity index is 1.79. The van der Waals surface area contributed by atoms with Crippen LogP contribution in [0.2, 0.25) is 0 Å². The lowest BCUT2D eigenvalue weighted by Gasteiger charge is -2.25. The molecule has 0 radical (unpaired) electrons. The summed E-state index contributed by atoms with van der Waals surface area (Å²) in [5, 5.41) is 0. The predicted molar refractivity (Wildman–Crippen MR) is 111 cm³/mol. The van der Waals surface area contributed by atoms with Crippen LogP contribution in [0.15, 0.2) is 54.6 Å². The fourth-order valence-electron chi connectivity index (χ4n) is 3.46. The summed E-state index contributed by atoms with van der Waals surface area (Å²) < 4.78 is 5.64. The maximum atomic E-state index is 12.9. The number of rotatable bonds is 7. The molecule has 2 aromatic rings. The molecule has 1 atom stereocenters. The fraction of sp³-hybridized carbons (Fsp3) is 0.348. The lowest BCUT2D eigenvalue weighted by molar-refractivity contribution is -0.140. The number of hydrogen-bond donors (Lipinski definition) is 0. The van der Waals surface area contributed by atoms with Crippen LogP contribution in [0.25, 0.3) is 0 Å². The van der Waals surface area contributed by atoms with Gasteiger partial charge in [0.2, 0.25) is 12.0 Å². The lowest BCUT2D eigenvalue weighted by atomic mass is 10.1. The number of esters is 1. The van der Waals surface area contributed by atoms with Crippen LogP contribution in [0, 0.1) is 0 Å². The molecule has 29 heavy (non-hydrogen) atoms. The second kappa shape index (κ2) is 9.37. The van der Waals surface area contributed by atoms with Gasteiger partial charge in [-0.25, -0.2) is 4.79 Å². The van der Waals surface area contributed by atoms with E-state index in [0.29, 0.717) is 37.2 Å². The summed E-state index contributed by atoms with van der Waals surface area (Å²) in [5.74, 6) is -0.721. The maximum absolute atomic E-state index is 12.9. The molecule has 3 rings (SSSR count). The number of ether oxygens (including phenoxy) is 1. The predicted octanol–water partition coefficient (Wildman–Crippen LogP) is 3.58. The highest BCUT2D eigenvalue weighted by Crippen LogP contribution is 2.24. The van der Waals surface area contributed by atoms with Gasteiger partial charge in [-0.1, -0.05) is 30.3 Å². The summed E-state index contributed by atoms with van der Waals surface area (Å²) in [4.78, 5) is 40.9. The third-order valence-electron chi connectivity index (χ3n) is 5.11. The molecule has 1 fully saturated rings. The number of likely N-dealkylation sites (N-methyl/N-ethyl adjacent to an activating group) is 1. The van der Waals surface area contributed by atoms with Gasteiger partial charge in [-0.05, 0) is 44.5 Å². The standard InChI is InChI=1S/C23H26N2O4/c1-3-24(4-2)22(27)21(17-9-6-5-7-10-17)29-23(28)18-12-14-19(15-13-18)25-16-8-11-20(25)26/h5-7,9-10,12-15,21H,3-4,8,11,16H2,1-2H3/t21-/m0/s1. The Morgan fingerprint density at radius 1 is 1.03 bits per heavy atom. The number of carbonyl (C=O) groups excluding carboxylic acids is 3. The van der Waals surface area contributed by atoms with Crippen molar-refractivity contribution in [2.75, 3.05) is 24.5 Å². The van der Waals surface area contributed by atoms with Crippen LogP contribution in [0.1, 0.15) is 48.7 Å². The summed E-state index contributed by atoms with van der Waals surface area (Å²) in [6.07, 6.45) is 0.397. The minimum absolute atomic E-state index is 0.0919. The van der Waals surface area contributed by atoms with Crippen molar-refractivity contribution in [1.82, 2.24) is 4.90 Å². The average molecular weight is 394 g/mol. The second-order valence-corrected chi connectivity index (χ2v) is 6.90. The highest BCUT2D eigenvalue weighted by molar-refractivity contribution is 5.97. The molecule has 1 heterocycles. The van der Waals surface area contributed by atoms with Crippen molar-refractivity contribution >= 4 is 23.5 Å². The number of hydrogen-bond acceptors (Lipinski definition) is 4. The molecule has 6 nitrogen and oxygen atoms in total. The van der Waals surface area contributed by atoms with Crippen LogP contribution in [0.4, 0.5) is 5.69 Å². The van der Waals surface area contributed by atoms with Gasteiger partial charge >= 0.3 is 5.97 Å². The van der Waals surface area contributed by atoms with E-state index >= 15 is 0 Å². The topological polar surface area (TPSA) is 66.9 Å². The Bertz CT molecular complexity index is 860. The number of carbonyl (C=O) groups is 3. The monoisotopic (exact) mass is 394 g/mol. The zero-order chi connectivity index (χ0) is 20.8. The molecule has 0 unspecified atom stereocenters. The fourth-order valence-corrected chi connectivity index (χ4v) is 3.46. The number of nitrogens with zero attached hydrogens (tertiary/aromatic N) is 2. The number of amides is 2. The molecule has 0 aliphatic carbocycles. The molecule has 1 aliphatic rings. The minimum atomic E-state index is -0.997. The molecule has 0 spiro atoms. The molecular weight excluding hydrogens is 368 g/mol. The van der Waals surface area contributed by atoms with Gasteiger partial charge in [0.25, 0.3) is 5.91 Å². The van der Waals surface area contributed by atoms with Gasteiger partial charge in [-0.15, -0.1) is 0 Å². The van der Waals surface area contributed by atoms with Crippen LogP contribution in [-0.2, 0) is 14.3 Å². The van der Waals surface area contributed by atoms with Crippen molar-refractivity contribution in [3.63, 3.8) is 0 Å². The molecule has 0 aromatic heterocycles. The molecule has 1 saturated heterocycles. The van der Waals surface area contributed by atoms with Gasteiger partial charge in [-0.2, -0.15) is 0 Å². The SMILES string of the molecule is CCN(CC)C(=O)[C@@H](OC(=O)c1ccc(N2CCCC2=O)cc1)c1ccccc1. The van der Waals surface area contributed by atoms with Gasteiger partial charge in [0, 0.05) is 37.3 Å². The summed E-state index contributed by atoms with van der Waals surface area (Å²) in [6.45, 7) is 5.55. The Hall–Kier alpha value is -3.15. The van der Waals surface area contributed by atoms with E-state index in [0.717, 1.165) is 12.1 Å². The van der Waals surface area contributed by atoms with Crippen LogP contribution >= 0.6 is 0 Å². The molecule has 2 amide bonds. The molecule has 2 aromatic carbocycles. The Labute approximate surface area is 171 Å². The highest BCUT2D eigenvalue weighted by Gasteiger charge is 2.29. The van der Waals surface area contributed by atoms with Crippen molar-refractivity contribution in [2.45, 2.75) is 32.8 Å². The van der Waals surface area contributed by atoms with Crippen LogP contribution in [0.5, 0.6) is 0 Å². The zero-order valence-corrected chi connectivity index (χ0v) is 16.8. The van der Waals surface area contributed by atoms with Crippen molar-refractivity contribution < 1.29 is 19.1 Å². The van der Waals surface area contributed by atoms with E-state index in [-0.39, 0.29) is 11.8 Å². The van der Waals surface area contributed by atoms with E-state index in [4.69, 9.17) is 4.74 Å². The van der Waals surface area contributed by atoms with Crippen molar-refractivity contribution in [1.29, 1.82) is 0 Å². The Morgan fingerprint density at radius 3 is 2.24 bits per heavy atom. The van der Waals surface area contributed by atoms with Gasteiger partial charge < -0.3 is 14.5 Å². The molecule has 0 N–H and O–H groups in total. The number of anilines is 1. The van der Waals surface area contributed by atoms with Crippen LogP contribution in [-0.4, -0.2) is 42.3 Å². The molecule has 0 bridgehead atoms. The molecule has 0 saturated carbocycles. The summed E-state index contributed by atoms with van der Waals surface area (Å²) in [5.41, 5.74) is 1.74. The Morgan fingerprint density at radius 2 is 1.69 bits per heavy atom. The normalized spacial score (nSPS) is 14.6. The first-order chi connectivity index (χ1) is 14.0. The average Bonchev–Trinajstić information content (AvgIpc) is 3.19. The third-order valence-corrected chi connectivity index (χ3v) is 5.11. The Kier molecular flexibility index (Phi) is 6.65. The number of benzene rings is 2. The molecule has 1 aliphatic heterocycles. The van der Waals surface area contributed by atoms with Crippen molar-refractivity contribution in [3.8, 4) is 0 Å². The smallest absolute Gasteiger partial charge is 0.339 e. The summed E-state index contributed by atoms with van der Waals surface area (Å²) in [7, 11) is 0. The highest BCUT2D eigenvalue weighted by atomic mass is 16.5. The largest absolute Gasteiger partial charge is 0.444 e. The maximum Gasteiger partial charge on any atom is 0.339 e. The first-order valence-corrected chi connectivity index (χ1v) is 10.00.